The van der Waals surface area contributed by atoms with Gasteiger partial charge in [-0.15, -0.1) is 11.8 Å². The molecule has 1 rings (SSSR count). The van der Waals surface area contributed by atoms with Gasteiger partial charge in [0.1, 0.15) is 5.82 Å². The van der Waals surface area contributed by atoms with Gasteiger partial charge in [0.05, 0.1) is 23.3 Å². The molecule has 0 radical (unpaired) electrons. The minimum atomic E-state index is -0.488. The second-order valence-electron chi connectivity index (χ2n) is 3.73. The molecule has 0 fully saturated rings. The predicted molar refractivity (Wildman–Crippen MR) is 73.6 cm³/mol. The molecule has 0 bridgehead atoms. The van der Waals surface area contributed by atoms with Crippen molar-refractivity contribution in [2.24, 2.45) is 0 Å². The van der Waals surface area contributed by atoms with Crippen LogP contribution in [0.5, 0.6) is 0 Å². The number of amides is 1. The summed E-state index contributed by atoms with van der Waals surface area (Å²) in [6.07, 6.45) is 0. The molecule has 0 spiro atoms. The average Bonchev–Trinajstić information content (AvgIpc) is 2.39. The molecule has 1 aromatic carbocycles. The lowest BCUT2D eigenvalue weighted by Gasteiger charge is -2.12. The van der Waals surface area contributed by atoms with Crippen molar-refractivity contribution in [1.29, 1.82) is 0 Å². The number of hydrogen-bond donors (Lipinski definition) is 1. The quantitative estimate of drug-likeness (QED) is 0.816. The molecule has 0 aromatic heterocycles. The maximum atomic E-state index is 13.3. The van der Waals surface area contributed by atoms with Crippen LogP contribution >= 0.6 is 11.8 Å². The molecule has 0 aliphatic rings. The van der Waals surface area contributed by atoms with Crippen LogP contribution in [0.15, 0.2) is 24.3 Å². The number of carbonyl (C=O) groups is 2. The summed E-state index contributed by atoms with van der Waals surface area (Å²) in [6.45, 7) is 3.69. The monoisotopic (exact) mass is 285 g/mol. The minimum absolute atomic E-state index is 0.0969. The third-order valence-electron chi connectivity index (χ3n) is 2.26. The highest BCUT2D eigenvalue weighted by atomic mass is 32.2. The summed E-state index contributed by atoms with van der Waals surface area (Å²) in [6, 6.07) is 5.93. The molecule has 0 saturated carbocycles. The SMILES string of the molecule is CCOC(=O)CSC(C)C(=O)Nc1ccccc1F. The fourth-order valence-corrected chi connectivity index (χ4v) is 1.95. The first-order valence-corrected chi connectivity index (χ1v) is 6.92. The number of anilines is 1. The Kier molecular flexibility index (Phi) is 6.35. The summed E-state index contributed by atoms with van der Waals surface area (Å²) in [5.74, 6) is -1.10. The van der Waals surface area contributed by atoms with Gasteiger partial charge >= 0.3 is 5.97 Å². The number of ether oxygens (including phenoxy) is 1. The Morgan fingerprint density at radius 2 is 2.11 bits per heavy atom. The summed E-state index contributed by atoms with van der Waals surface area (Å²) in [5.41, 5.74) is 0.135. The van der Waals surface area contributed by atoms with Crippen LogP contribution < -0.4 is 5.32 Å². The fourth-order valence-electron chi connectivity index (χ4n) is 1.27. The van der Waals surface area contributed by atoms with Crippen molar-refractivity contribution >= 4 is 29.3 Å². The van der Waals surface area contributed by atoms with Gasteiger partial charge in [0.15, 0.2) is 0 Å². The number of thioether (sulfide) groups is 1. The summed E-state index contributed by atoms with van der Waals surface area (Å²) in [5, 5.41) is 2.01. The highest BCUT2D eigenvalue weighted by molar-refractivity contribution is 8.01. The van der Waals surface area contributed by atoms with Crippen molar-refractivity contribution in [1.82, 2.24) is 0 Å². The Labute approximate surface area is 115 Å². The number of esters is 1. The highest BCUT2D eigenvalue weighted by Crippen LogP contribution is 2.16. The third-order valence-corrected chi connectivity index (χ3v) is 3.37. The second kappa shape index (κ2) is 7.78. The number of hydrogen-bond acceptors (Lipinski definition) is 4. The Hall–Kier alpha value is -1.56. The van der Waals surface area contributed by atoms with Crippen molar-refractivity contribution in [3.63, 3.8) is 0 Å². The number of benzene rings is 1. The van der Waals surface area contributed by atoms with Crippen LogP contribution in [0.4, 0.5) is 10.1 Å². The fraction of sp³-hybridized carbons (Fsp3) is 0.385. The normalized spacial score (nSPS) is 11.7. The number of nitrogens with one attached hydrogen (secondary N) is 1. The Morgan fingerprint density at radius 1 is 1.42 bits per heavy atom. The van der Waals surface area contributed by atoms with Gasteiger partial charge in [-0.3, -0.25) is 9.59 Å². The smallest absolute Gasteiger partial charge is 0.315 e. The summed E-state index contributed by atoms with van der Waals surface area (Å²) in [7, 11) is 0. The van der Waals surface area contributed by atoms with E-state index in [1.807, 2.05) is 0 Å². The van der Waals surface area contributed by atoms with E-state index in [9.17, 15) is 14.0 Å². The predicted octanol–water partition coefficient (Wildman–Crippen LogP) is 2.45. The van der Waals surface area contributed by atoms with Crippen LogP contribution in [0.3, 0.4) is 0 Å². The van der Waals surface area contributed by atoms with E-state index in [1.54, 1.807) is 26.0 Å². The first-order chi connectivity index (χ1) is 9.04. The van der Waals surface area contributed by atoms with Crippen LogP contribution in [0.25, 0.3) is 0 Å². The zero-order valence-corrected chi connectivity index (χ0v) is 11.6. The molecule has 19 heavy (non-hydrogen) atoms. The van der Waals surface area contributed by atoms with E-state index in [4.69, 9.17) is 4.74 Å². The van der Waals surface area contributed by atoms with Gasteiger partial charge in [-0.25, -0.2) is 4.39 Å². The van der Waals surface area contributed by atoms with Crippen molar-refractivity contribution in [3.05, 3.63) is 30.1 Å². The molecule has 1 amide bonds. The number of para-hydroxylation sites is 1. The lowest BCUT2D eigenvalue weighted by molar-refractivity contribution is -0.139. The first kappa shape index (κ1) is 15.5. The molecule has 4 nitrogen and oxygen atoms in total. The lowest BCUT2D eigenvalue weighted by Crippen LogP contribution is -2.24. The van der Waals surface area contributed by atoms with E-state index in [0.717, 1.165) is 11.8 Å². The van der Waals surface area contributed by atoms with Crippen molar-refractivity contribution < 1.29 is 18.7 Å². The van der Waals surface area contributed by atoms with Gasteiger partial charge in [-0.1, -0.05) is 12.1 Å². The van der Waals surface area contributed by atoms with E-state index in [-0.39, 0.29) is 23.3 Å². The van der Waals surface area contributed by atoms with Crippen LogP contribution in [0.2, 0.25) is 0 Å². The van der Waals surface area contributed by atoms with E-state index in [1.165, 1.54) is 12.1 Å². The molecule has 0 saturated heterocycles. The minimum Gasteiger partial charge on any atom is -0.465 e. The summed E-state index contributed by atoms with van der Waals surface area (Å²) in [4.78, 5) is 22.9. The maximum absolute atomic E-state index is 13.3. The van der Waals surface area contributed by atoms with Crippen LogP contribution in [0.1, 0.15) is 13.8 Å². The van der Waals surface area contributed by atoms with Gasteiger partial charge in [-0.2, -0.15) is 0 Å². The summed E-state index contributed by atoms with van der Waals surface area (Å²) < 4.78 is 18.1. The van der Waals surface area contributed by atoms with Crippen LogP contribution in [-0.2, 0) is 14.3 Å². The second-order valence-corrected chi connectivity index (χ2v) is 5.06. The third kappa shape index (κ3) is 5.30. The molecule has 6 heteroatoms. The molecular weight excluding hydrogens is 269 g/mol. The van der Waals surface area contributed by atoms with Crippen molar-refractivity contribution in [3.8, 4) is 0 Å². The first-order valence-electron chi connectivity index (χ1n) is 5.87. The van der Waals surface area contributed by atoms with Crippen LogP contribution in [0, 0.1) is 5.82 Å². The van der Waals surface area contributed by atoms with E-state index in [0.29, 0.717) is 6.61 Å². The molecule has 1 N–H and O–H groups in total. The molecule has 0 aliphatic heterocycles. The van der Waals surface area contributed by atoms with E-state index in [2.05, 4.69) is 5.32 Å². The molecule has 104 valence electrons. The molecule has 0 heterocycles. The average molecular weight is 285 g/mol. The van der Waals surface area contributed by atoms with Crippen molar-refractivity contribution in [2.45, 2.75) is 19.1 Å². The number of rotatable bonds is 6. The standard InChI is InChI=1S/C13H16FNO3S/c1-3-18-12(16)8-19-9(2)13(17)15-11-7-5-4-6-10(11)14/h4-7,9H,3,8H2,1-2H3,(H,15,17). The van der Waals surface area contributed by atoms with Crippen LogP contribution in [-0.4, -0.2) is 29.5 Å². The van der Waals surface area contributed by atoms with Gasteiger partial charge < -0.3 is 10.1 Å². The largest absolute Gasteiger partial charge is 0.465 e. The maximum Gasteiger partial charge on any atom is 0.315 e. The van der Waals surface area contributed by atoms with Gasteiger partial charge in [0, 0.05) is 0 Å². The van der Waals surface area contributed by atoms with E-state index < -0.39 is 11.1 Å². The van der Waals surface area contributed by atoms with Gasteiger partial charge in [-0.05, 0) is 26.0 Å². The molecule has 1 aromatic rings. The Bertz CT molecular complexity index is 453. The summed E-state index contributed by atoms with van der Waals surface area (Å²) >= 11 is 1.15. The molecule has 1 unspecified atom stereocenters. The molecule has 1 atom stereocenters. The van der Waals surface area contributed by atoms with Gasteiger partial charge in [0.2, 0.25) is 5.91 Å². The zero-order valence-electron chi connectivity index (χ0n) is 10.8. The highest BCUT2D eigenvalue weighted by Gasteiger charge is 2.16. The molecule has 0 aliphatic carbocycles. The lowest BCUT2D eigenvalue weighted by atomic mass is 10.3. The Morgan fingerprint density at radius 3 is 2.74 bits per heavy atom. The Balaban J connectivity index is 2.45. The van der Waals surface area contributed by atoms with E-state index >= 15 is 0 Å². The number of carbonyl (C=O) groups excluding carboxylic acids is 2. The van der Waals surface area contributed by atoms with Gasteiger partial charge in [0.25, 0.3) is 0 Å². The zero-order chi connectivity index (χ0) is 14.3. The van der Waals surface area contributed by atoms with Crippen molar-refractivity contribution in [2.75, 3.05) is 17.7 Å². The number of halogens is 1. The molecular formula is C13H16FNO3S. The topological polar surface area (TPSA) is 55.4 Å².